The van der Waals surface area contributed by atoms with Crippen LogP contribution in [0.4, 0.5) is 5.69 Å². The minimum Gasteiger partial charge on any atom is -0.478 e. The van der Waals surface area contributed by atoms with E-state index < -0.39 is 18.0 Å². The first-order valence-electron chi connectivity index (χ1n) is 5.03. The van der Waals surface area contributed by atoms with Gasteiger partial charge in [-0.25, -0.2) is 9.59 Å². The van der Waals surface area contributed by atoms with Crippen molar-refractivity contribution < 1.29 is 24.9 Å². The molecule has 0 aliphatic heterocycles. The first-order chi connectivity index (χ1) is 8.43. The molecular weight excluding hydrogens is 262 g/mol. The van der Waals surface area contributed by atoms with Crippen molar-refractivity contribution in [2.45, 2.75) is 6.10 Å². The van der Waals surface area contributed by atoms with Crippen LogP contribution in [0.15, 0.2) is 18.2 Å². The molecule has 1 aromatic rings. The summed E-state index contributed by atoms with van der Waals surface area (Å²) in [4.78, 5) is 21.7. The molecule has 7 heteroatoms. The Morgan fingerprint density at radius 1 is 1.17 bits per heavy atom. The van der Waals surface area contributed by atoms with Crippen molar-refractivity contribution in [1.82, 2.24) is 0 Å². The van der Waals surface area contributed by atoms with Gasteiger partial charge in [-0.3, -0.25) is 0 Å². The molecule has 0 spiro atoms. The van der Waals surface area contributed by atoms with Crippen LogP contribution in [0.1, 0.15) is 20.7 Å². The van der Waals surface area contributed by atoms with Gasteiger partial charge in [-0.15, -0.1) is 11.6 Å². The van der Waals surface area contributed by atoms with Crippen molar-refractivity contribution in [2.24, 2.45) is 0 Å². The van der Waals surface area contributed by atoms with Crippen LogP contribution in [-0.4, -0.2) is 45.8 Å². The summed E-state index contributed by atoms with van der Waals surface area (Å²) in [5.41, 5.74) is 0.0204. The Bertz CT molecular complexity index is 430. The average Bonchev–Trinajstić information content (AvgIpc) is 2.35. The van der Waals surface area contributed by atoms with Gasteiger partial charge >= 0.3 is 11.9 Å². The van der Waals surface area contributed by atoms with Crippen LogP contribution in [0.2, 0.25) is 0 Å². The summed E-state index contributed by atoms with van der Waals surface area (Å²) >= 11 is 5.40. The highest BCUT2D eigenvalue weighted by atomic mass is 35.5. The largest absolute Gasteiger partial charge is 0.478 e. The van der Waals surface area contributed by atoms with Gasteiger partial charge in [-0.1, -0.05) is 0 Å². The Hall–Kier alpha value is -1.79. The Kier molecular flexibility index (Phi) is 4.94. The number of aliphatic hydroxyl groups is 1. The predicted molar refractivity (Wildman–Crippen MR) is 65.6 cm³/mol. The molecule has 6 nitrogen and oxygen atoms in total. The summed E-state index contributed by atoms with van der Waals surface area (Å²) < 4.78 is 0. The van der Waals surface area contributed by atoms with Gasteiger partial charge in [0.25, 0.3) is 0 Å². The summed E-state index contributed by atoms with van der Waals surface area (Å²) in [5, 5.41) is 29.7. The quantitative estimate of drug-likeness (QED) is 0.578. The Morgan fingerprint density at radius 2 is 1.67 bits per heavy atom. The molecule has 0 fully saturated rings. The molecule has 0 saturated heterocycles. The predicted octanol–water partition coefficient (Wildman–Crippen LogP) is 1.09. The third-order valence-electron chi connectivity index (χ3n) is 2.15. The summed E-state index contributed by atoms with van der Waals surface area (Å²) in [6.45, 7) is 0.103. The molecule has 0 amide bonds. The Morgan fingerprint density at radius 3 is 2.06 bits per heavy atom. The molecule has 0 radical (unpaired) electrons. The van der Waals surface area contributed by atoms with E-state index in [-0.39, 0.29) is 23.6 Å². The second-order valence-corrected chi connectivity index (χ2v) is 3.91. The maximum atomic E-state index is 10.8. The van der Waals surface area contributed by atoms with E-state index in [1.165, 1.54) is 12.1 Å². The van der Waals surface area contributed by atoms with E-state index in [1.807, 2.05) is 0 Å². The van der Waals surface area contributed by atoms with Gasteiger partial charge in [-0.2, -0.15) is 0 Å². The van der Waals surface area contributed by atoms with Crippen LogP contribution in [0, 0.1) is 0 Å². The lowest BCUT2D eigenvalue weighted by atomic mass is 10.1. The van der Waals surface area contributed by atoms with Crippen LogP contribution in [0.5, 0.6) is 0 Å². The highest BCUT2D eigenvalue weighted by Crippen LogP contribution is 2.15. The number of carboxylic acid groups (broad SMARTS) is 2. The average molecular weight is 274 g/mol. The number of carbonyl (C=O) groups is 2. The summed E-state index contributed by atoms with van der Waals surface area (Å²) in [6, 6.07) is 3.64. The van der Waals surface area contributed by atoms with E-state index in [1.54, 1.807) is 0 Å². The lowest BCUT2D eigenvalue weighted by Gasteiger charge is -2.11. The lowest BCUT2D eigenvalue weighted by molar-refractivity contribution is 0.0696. The molecule has 0 aliphatic carbocycles. The molecule has 1 aromatic carbocycles. The summed E-state index contributed by atoms with van der Waals surface area (Å²) in [6.07, 6.45) is -0.798. The van der Waals surface area contributed by atoms with Crippen LogP contribution in [0.3, 0.4) is 0 Å². The second-order valence-electron chi connectivity index (χ2n) is 3.60. The number of benzene rings is 1. The van der Waals surface area contributed by atoms with Gasteiger partial charge in [0.05, 0.1) is 23.1 Å². The standard InChI is InChI=1S/C11H12ClNO5/c12-4-9(14)5-13-8-2-6(10(15)16)1-7(3-8)11(17)18/h1-3,9,13-14H,4-5H2,(H,15,16)(H,17,18). The third-order valence-corrected chi connectivity index (χ3v) is 2.50. The first-order valence-corrected chi connectivity index (χ1v) is 5.57. The van der Waals surface area contributed by atoms with Crippen LogP contribution < -0.4 is 5.32 Å². The van der Waals surface area contributed by atoms with E-state index in [9.17, 15) is 14.7 Å². The van der Waals surface area contributed by atoms with Gasteiger partial charge in [0.15, 0.2) is 0 Å². The summed E-state index contributed by atoms with van der Waals surface area (Å²) in [7, 11) is 0. The van der Waals surface area contributed by atoms with Crippen molar-refractivity contribution >= 4 is 29.2 Å². The molecular formula is C11H12ClNO5. The smallest absolute Gasteiger partial charge is 0.335 e. The lowest BCUT2D eigenvalue weighted by Crippen LogP contribution is -2.21. The number of carboxylic acids is 2. The minimum absolute atomic E-state index is 0.0252. The van der Waals surface area contributed by atoms with Crippen molar-refractivity contribution in [3.05, 3.63) is 29.3 Å². The molecule has 18 heavy (non-hydrogen) atoms. The van der Waals surface area contributed by atoms with Gasteiger partial charge in [0, 0.05) is 12.2 Å². The molecule has 0 aromatic heterocycles. The molecule has 1 atom stereocenters. The highest BCUT2D eigenvalue weighted by molar-refractivity contribution is 6.18. The number of hydrogen-bond donors (Lipinski definition) is 4. The highest BCUT2D eigenvalue weighted by Gasteiger charge is 2.11. The Labute approximate surface area is 108 Å². The molecule has 0 bridgehead atoms. The summed E-state index contributed by atoms with van der Waals surface area (Å²) in [5.74, 6) is -2.42. The number of nitrogens with one attached hydrogen (secondary N) is 1. The molecule has 0 saturated carbocycles. The van der Waals surface area contributed by atoms with Crippen LogP contribution in [0.25, 0.3) is 0 Å². The minimum atomic E-state index is -1.22. The number of hydrogen-bond acceptors (Lipinski definition) is 4. The van der Waals surface area contributed by atoms with Gasteiger partial charge in [-0.05, 0) is 18.2 Å². The fraction of sp³-hybridized carbons (Fsp3) is 0.273. The number of aromatic carboxylic acids is 2. The number of aliphatic hydroxyl groups excluding tert-OH is 1. The zero-order valence-electron chi connectivity index (χ0n) is 9.26. The van der Waals surface area contributed by atoms with E-state index >= 15 is 0 Å². The molecule has 0 aliphatic rings. The first kappa shape index (κ1) is 14.3. The van der Waals surface area contributed by atoms with Crippen molar-refractivity contribution in [3.63, 3.8) is 0 Å². The fourth-order valence-electron chi connectivity index (χ4n) is 1.27. The fourth-order valence-corrected chi connectivity index (χ4v) is 1.38. The maximum Gasteiger partial charge on any atom is 0.335 e. The maximum absolute atomic E-state index is 10.8. The molecule has 98 valence electrons. The SMILES string of the molecule is O=C(O)c1cc(NCC(O)CCl)cc(C(=O)O)c1. The van der Waals surface area contributed by atoms with Crippen molar-refractivity contribution in [1.29, 1.82) is 0 Å². The number of rotatable bonds is 6. The van der Waals surface area contributed by atoms with Gasteiger partial charge in [0.2, 0.25) is 0 Å². The Balaban J connectivity index is 2.96. The van der Waals surface area contributed by atoms with E-state index in [0.717, 1.165) is 6.07 Å². The van der Waals surface area contributed by atoms with E-state index in [2.05, 4.69) is 5.32 Å². The van der Waals surface area contributed by atoms with Crippen molar-refractivity contribution in [3.8, 4) is 0 Å². The molecule has 1 unspecified atom stereocenters. The number of alkyl halides is 1. The monoisotopic (exact) mass is 273 g/mol. The topological polar surface area (TPSA) is 107 Å². The third kappa shape index (κ3) is 3.90. The number of halogens is 1. The van der Waals surface area contributed by atoms with Crippen molar-refractivity contribution in [2.75, 3.05) is 17.7 Å². The van der Waals surface area contributed by atoms with Gasteiger partial charge < -0.3 is 20.6 Å². The number of anilines is 1. The van der Waals surface area contributed by atoms with Crippen LogP contribution >= 0.6 is 11.6 Å². The second kappa shape index (κ2) is 6.23. The van der Waals surface area contributed by atoms with E-state index in [4.69, 9.17) is 21.8 Å². The van der Waals surface area contributed by atoms with Gasteiger partial charge in [0.1, 0.15) is 0 Å². The van der Waals surface area contributed by atoms with Crippen LogP contribution in [-0.2, 0) is 0 Å². The normalized spacial score (nSPS) is 11.9. The molecule has 1 rings (SSSR count). The van der Waals surface area contributed by atoms with E-state index in [0.29, 0.717) is 5.69 Å². The zero-order chi connectivity index (χ0) is 13.7. The molecule has 4 N–H and O–H groups in total. The molecule has 0 heterocycles. The zero-order valence-corrected chi connectivity index (χ0v) is 10.0.